The lowest BCUT2D eigenvalue weighted by Gasteiger charge is -2.48. The highest BCUT2D eigenvalue weighted by Crippen LogP contribution is 2.45. The van der Waals surface area contributed by atoms with Crippen molar-refractivity contribution in [2.45, 2.75) is 23.3 Å². The van der Waals surface area contributed by atoms with Crippen LogP contribution in [0.5, 0.6) is 0 Å². The molecule has 0 aromatic heterocycles. The molecule has 2 aromatic rings. The first kappa shape index (κ1) is 20.9. The van der Waals surface area contributed by atoms with E-state index in [4.69, 9.17) is 10.5 Å². The Morgan fingerprint density at radius 3 is 2.20 bits per heavy atom. The lowest BCUT2D eigenvalue weighted by molar-refractivity contribution is -0.152. The average molecular weight is 449 g/mol. The van der Waals surface area contributed by atoms with Crippen LogP contribution < -0.4 is 5.73 Å². The molecule has 0 spiro atoms. The Kier molecular flexibility index (Phi) is 6.12. The van der Waals surface area contributed by atoms with E-state index >= 15 is 0 Å². The number of rotatable bonds is 6. The van der Waals surface area contributed by atoms with Crippen LogP contribution in [0.4, 0.5) is 8.78 Å². The summed E-state index contributed by atoms with van der Waals surface area (Å²) in [5, 5.41) is -0.450. The van der Waals surface area contributed by atoms with Gasteiger partial charge in [0.15, 0.2) is 6.10 Å². The molecule has 5 nitrogen and oxygen atoms in total. The molecular formula is C21H18F2N2O3S2. The molecule has 1 amide bonds. The van der Waals surface area contributed by atoms with E-state index in [-0.39, 0.29) is 28.1 Å². The fraction of sp³-hybridized carbons (Fsp3) is 0.238. The smallest absolute Gasteiger partial charge is 0.356 e. The molecule has 2 heterocycles. The SMILES string of the molecule is N[C@@H]1C(=O)N2C(C(=O)OC(c3ccccc3)c3ccccc3)=C(SC(F)F)CS[C@@H]12. The molecule has 0 aliphatic carbocycles. The van der Waals surface area contributed by atoms with E-state index in [1.165, 1.54) is 16.7 Å². The van der Waals surface area contributed by atoms with Crippen LogP contribution >= 0.6 is 23.5 Å². The highest BCUT2D eigenvalue weighted by Gasteiger charge is 2.52. The Labute approximate surface area is 180 Å². The largest absolute Gasteiger partial charge is 0.448 e. The summed E-state index contributed by atoms with van der Waals surface area (Å²) in [6.07, 6.45) is -0.747. The number of thioether (sulfide) groups is 2. The minimum absolute atomic E-state index is 0.122. The maximum atomic E-state index is 13.2. The van der Waals surface area contributed by atoms with Crippen LogP contribution in [0, 0.1) is 0 Å². The minimum Gasteiger partial charge on any atom is -0.448 e. The molecule has 2 N–H and O–H groups in total. The van der Waals surface area contributed by atoms with Crippen molar-refractivity contribution in [1.29, 1.82) is 0 Å². The monoisotopic (exact) mass is 448 g/mol. The van der Waals surface area contributed by atoms with E-state index in [9.17, 15) is 18.4 Å². The van der Waals surface area contributed by atoms with E-state index in [1.807, 2.05) is 60.7 Å². The van der Waals surface area contributed by atoms with Gasteiger partial charge in [0.05, 0.1) is 0 Å². The number of fused-ring (bicyclic) bond motifs is 1. The molecule has 4 rings (SSSR count). The number of benzene rings is 2. The number of hydrogen-bond donors (Lipinski definition) is 1. The molecule has 0 unspecified atom stereocenters. The summed E-state index contributed by atoms with van der Waals surface area (Å²) in [7, 11) is 0. The number of nitrogens with two attached hydrogens (primary N) is 1. The number of amides is 1. The highest BCUT2D eigenvalue weighted by molar-refractivity contribution is 8.06. The van der Waals surface area contributed by atoms with Gasteiger partial charge in [-0.2, -0.15) is 8.78 Å². The Morgan fingerprint density at radius 1 is 1.10 bits per heavy atom. The number of halogens is 2. The Balaban J connectivity index is 1.69. The molecule has 2 aliphatic heterocycles. The summed E-state index contributed by atoms with van der Waals surface area (Å²) in [5.41, 5.74) is 7.16. The Bertz CT molecular complexity index is 933. The highest BCUT2D eigenvalue weighted by atomic mass is 32.2. The Hall–Kier alpha value is -2.36. The average Bonchev–Trinajstić information content (AvgIpc) is 2.77. The van der Waals surface area contributed by atoms with E-state index in [1.54, 1.807) is 0 Å². The van der Waals surface area contributed by atoms with Gasteiger partial charge in [0.1, 0.15) is 17.1 Å². The summed E-state index contributed by atoms with van der Waals surface area (Å²) in [5.74, 6) is -3.84. The van der Waals surface area contributed by atoms with Gasteiger partial charge in [-0.15, -0.1) is 11.8 Å². The third kappa shape index (κ3) is 3.97. The van der Waals surface area contributed by atoms with Crippen LogP contribution in [0.25, 0.3) is 0 Å². The molecule has 1 fully saturated rings. The van der Waals surface area contributed by atoms with E-state index in [2.05, 4.69) is 0 Å². The molecule has 9 heteroatoms. The molecule has 0 radical (unpaired) electrons. The van der Waals surface area contributed by atoms with Gasteiger partial charge in [-0.1, -0.05) is 72.4 Å². The standard InChI is InChI=1S/C21H18F2N2O3S2/c22-21(23)30-14-11-29-19-15(24)18(26)25(19)16(14)20(27)28-17(12-7-3-1-4-8-12)13-9-5-2-6-10-13/h1-10,15,17,19,21H,11,24H2/t15-,19+/m1/s1. The lowest BCUT2D eigenvalue weighted by atomic mass is 10.0. The van der Waals surface area contributed by atoms with E-state index in [0.717, 1.165) is 11.1 Å². The van der Waals surface area contributed by atoms with E-state index in [0.29, 0.717) is 0 Å². The minimum atomic E-state index is -2.72. The molecule has 30 heavy (non-hydrogen) atoms. The van der Waals surface area contributed by atoms with Crippen molar-refractivity contribution in [3.63, 3.8) is 0 Å². The third-order valence-corrected chi connectivity index (χ3v) is 7.11. The molecule has 2 aromatic carbocycles. The molecule has 0 saturated carbocycles. The molecule has 2 atom stereocenters. The second kappa shape index (κ2) is 8.79. The van der Waals surface area contributed by atoms with Gasteiger partial charge < -0.3 is 10.5 Å². The zero-order valence-electron chi connectivity index (χ0n) is 15.6. The number of ether oxygens (including phenoxy) is 1. The van der Waals surface area contributed by atoms with Crippen molar-refractivity contribution in [2.75, 3.05) is 5.75 Å². The van der Waals surface area contributed by atoms with Crippen molar-refractivity contribution in [1.82, 2.24) is 4.90 Å². The van der Waals surface area contributed by atoms with Crippen molar-refractivity contribution < 1.29 is 23.1 Å². The van der Waals surface area contributed by atoms with Crippen LogP contribution in [0.3, 0.4) is 0 Å². The number of carbonyl (C=O) groups excluding carboxylic acids is 2. The number of carbonyl (C=O) groups is 2. The van der Waals surface area contributed by atoms with Crippen molar-refractivity contribution in [2.24, 2.45) is 5.73 Å². The summed E-state index contributed by atoms with van der Waals surface area (Å²) in [6.45, 7) is 0. The fourth-order valence-electron chi connectivity index (χ4n) is 3.42. The van der Waals surface area contributed by atoms with Crippen LogP contribution in [0.1, 0.15) is 17.2 Å². The number of hydrogen-bond acceptors (Lipinski definition) is 6. The predicted molar refractivity (Wildman–Crippen MR) is 113 cm³/mol. The zero-order chi connectivity index (χ0) is 21.3. The van der Waals surface area contributed by atoms with Gasteiger partial charge in [0, 0.05) is 10.7 Å². The summed E-state index contributed by atoms with van der Waals surface area (Å²) < 4.78 is 32.0. The fourth-order valence-corrected chi connectivity index (χ4v) is 5.55. The first-order valence-electron chi connectivity index (χ1n) is 9.16. The van der Waals surface area contributed by atoms with Crippen LogP contribution in [-0.2, 0) is 14.3 Å². The van der Waals surface area contributed by atoms with Crippen LogP contribution in [0.15, 0.2) is 71.3 Å². The van der Waals surface area contributed by atoms with Crippen LogP contribution in [-0.4, -0.2) is 39.7 Å². The van der Waals surface area contributed by atoms with Gasteiger partial charge >= 0.3 is 5.97 Å². The first-order valence-corrected chi connectivity index (χ1v) is 11.1. The third-order valence-electron chi connectivity index (χ3n) is 4.83. The van der Waals surface area contributed by atoms with Crippen molar-refractivity contribution >= 4 is 35.4 Å². The van der Waals surface area contributed by atoms with E-state index < -0.39 is 35.2 Å². The summed E-state index contributed by atoms with van der Waals surface area (Å²) >= 11 is 1.53. The summed E-state index contributed by atoms with van der Waals surface area (Å²) in [6, 6.07) is 17.5. The van der Waals surface area contributed by atoms with Crippen molar-refractivity contribution in [3.8, 4) is 0 Å². The first-order chi connectivity index (χ1) is 14.5. The Morgan fingerprint density at radius 2 is 1.67 bits per heavy atom. The molecular weight excluding hydrogens is 430 g/mol. The maximum absolute atomic E-state index is 13.2. The zero-order valence-corrected chi connectivity index (χ0v) is 17.2. The number of β-lactam (4-membered cyclic amide) rings is 1. The van der Waals surface area contributed by atoms with Gasteiger partial charge in [-0.05, 0) is 11.1 Å². The van der Waals surface area contributed by atoms with Gasteiger partial charge in [0.2, 0.25) is 5.91 Å². The predicted octanol–water partition coefficient (Wildman–Crippen LogP) is 3.73. The maximum Gasteiger partial charge on any atom is 0.356 e. The number of nitrogens with zero attached hydrogens (tertiary/aromatic N) is 1. The number of alkyl halides is 2. The summed E-state index contributed by atoms with van der Waals surface area (Å²) in [4.78, 5) is 26.8. The van der Waals surface area contributed by atoms with Gasteiger partial charge in [-0.3, -0.25) is 9.69 Å². The van der Waals surface area contributed by atoms with Crippen LogP contribution in [0.2, 0.25) is 0 Å². The van der Waals surface area contributed by atoms with Gasteiger partial charge in [0.25, 0.3) is 5.76 Å². The second-order valence-electron chi connectivity index (χ2n) is 6.69. The number of esters is 1. The normalized spacial score (nSPS) is 21.0. The molecule has 1 saturated heterocycles. The molecule has 156 valence electrons. The van der Waals surface area contributed by atoms with Crippen molar-refractivity contribution in [3.05, 3.63) is 82.4 Å². The van der Waals surface area contributed by atoms with Gasteiger partial charge in [-0.25, -0.2) is 4.79 Å². The molecule has 2 aliphatic rings. The topological polar surface area (TPSA) is 72.6 Å². The lowest BCUT2D eigenvalue weighted by Crippen LogP contribution is -2.68. The second-order valence-corrected chi connectivity index (χ2v) is 8.88. The molecule has 0 bridgehead atoms. The quantitative estimate of drug-likeness (QED) is 0.536.